The highest BCUT2D eigenvalue weighted by Crippen LogP contribution is 2.39. The lowest BCUT2D eigenvalue weighted by molar-refractivity contribution is -0.147. The molecule has 7 heteroatoms. The van der Waals surface area contributed by atoms with Crippen LogP contribution in [0.1, 0.15) is 11.1 Å². The Morgan fingerprint density at radius 2 is 2.12 bits per heavy atom. The molecule has 0 aliphatic carbocycles. The number of rotatable bonds is 5. The Bertz CT molecular complexity index is 815. The monoisotopic (exact) mass is 345 g/mol. The zero-order chi connectivity index (χ0) is 16.9. The number of nitrogens with zero attached hydrogens (tertiary/aromatic N) is 1. The molecule has 1 heterocycles. The number of carbonyl (C=O) groups excluding carboxylic acids is 1. The Balaban J connectivity index is 1.55. The van der Waals surface area contributed by atoms with E-state index in [9.17, 15) is 4.79 Å². The van der Waals surface area contributed by atoms with Crippen LogP contribution in [0.15, 0.2) is 36.4 Å². The van der Waals surface area contributed by atoms with Crippen LogP contribution in [0.25, 0.3) is 0 Å². The first-order chi connectivity index (χ1) is 11.7. The van der Waals surface area contributed by atoms with E-state index in [1.54, 1.807) is 36.4 Å². The lowest BCUT2D eigenvalue weighted by Crippen LogP contribution is -2.15. The molecule has 0 spiro atoms. The predicted molar refractivity (Wildman–Crippen MR) is 84.0 cm³/mol. The largest absolute Gasteiger partial charge is 0.481 e. The summed E-state index contributed by atoms with van der Waals surface area (Å²) in [5.74, 6) is 0.788. The van der Waals surface area contributed by atoms with Crippen molar-refractivity contribution in [2.45, 2.75) is 6.61 Å². The van der Waals surface area contributed by atoms with Gasteiger partial charge in [0.25, 0.3) is 0 Å². The van der Waals surface area contributed by atoms with E-state index in [4.69, 9.17) is 35.8 Å². The van der Waals surface area contributed by atoms with Crippen LogP contribution in [-0.4, -0.2) is 19.4 Å². The molecule has 2 aromatic rings. The van der Waals surface area contributed by atoms with E-state index in [0.29, 0.717) is 33.4 Å². The lowest BCUT2D eigenvalue weighted by atomic mass is 10.2. The fourth-order valence-corrected chi connectivity index (χ4v) is 2.42. The van der Waals surface area contributed by atoms with Crippen molar-refractivity contribution in [3.05, 3.63) is 52.5 Å². The molecule has 0 atom stereocenters. The van der Waals surface area contributed by atoms with Crippen molar-refractivity contribution in [3.8, 4) is 23.3 Å². The SMILES string of the molecule is N#Cc1ccccc1OCC(=O)OCc1cc(Cl)c2c(c1)OCO2. The van der Waals surface area contributed by atoms with Gasteiger partial charge in [0.15, 0.2) is 18.1 Å². The molecule has 0 radical (unpaired) electrons. The molecule has 122 valence electrons. The molecule has 6 nitrogen and oxygen atoms in total. The van der Waals surface area contributed by atoms with Gasteiger partial charge in [-0.2, -0.15) is 5.26 Å². The summed E-state index contributed by atoms with van der Waals surface area (Å²) in [6.45, 7) is -0.153. The number of carbonyl (C=O) groups is 1. The van der Waals surface area contributed by atoms with Crippen molar-refractivity contribution in [1.82, 2.24) is 0 Å². The van der Waals surface area contributed by atoms with Gasteiger partial charge >= 0.3 is 5.97 Å². The Morgan fingerprint density at radius 3 is 2.96 bits per heavy atom. The molecule has 0 aromatic heterocycles. The number of para-hydroxylation sites is 1. The maximum Gasteiger partial charge on any atom is 0.344 e. The molecule has 0 fully saturated rings. The number of ether oxygens (including phenoxy) is 4. The van der Waals surface area contributed by atoms with Crippen LogP contribution in [0.4, 0.5) is 0 Å². The summed E-state index contributed by atoms with van der Waals surface area (Å²) >= 11 is 6.06. The average Bonchev–Trinajstić information content (AvgIpc) is 3.07. The molecule has 0 saturated carbocycles. The molecule has 2 aromatic carbocycles. The van der Waals surface area contributed by atoms with Gasteiger partial charge in [-0.15, -0.1) is 0 Å². The maximum absolute atomic E-state index is 11.8. The molecular weight excluding hydrogens is 334 g/mol. The van der Waals surface area contributed by atoms with Crippen LogP contribution >= 0.6 is 11.6 Å². The molecule has 0 bridgehead atoms. The summed E-state index contributed by atoms with van der Waals surface area (Å²) in [6, 6.07) is 12.0. The van der Waals surface area contributed by atoms with Crippen molar-refractivity contribution in [1.29, 1.82) is 5.26 Å². The normalized spacial score (nSPS) is 11.7. The summed E-state index contributed by atoms with van der Waals surface area (Å²) in [5, 5.41) is 9.36. The number of benzene rings is 2. The zero-order valence-corrected chi connectivity index (χ0v) is 13.2. The van der Waals surface area contributed by atoms with Gasteiger partial charge in [-0.25, -0.2) is 4.79 Å². The van der Waals surface area contributed by atoms with Crippen molar-refractivity contribution >= 4 is 17.6 Å². The number of fused-ring (bicyclic) bond motifs is 1. The Labute approximate surface area is 143 Å². The van der Waals surface area contributed by atoms with Crippen LogP contribution < -0.4 is 14.2 Å². The maximum atomic E-state index is 11.8. The van der Waals surface area contributed by atoms with Gasteiger partial charge in [0.2, 0.25) is 6.79 Å². The standard InChI is InChI=1S/C17H12ClNO5/c18-13-5-11(6-15-17(13)24-10-23-15)8-22-16(20)9-21-14-4-2-1-3-12(14)7-19/h1-6H,8-10H2. The molecule has 1 aliphatic rings. The summed E-state index contributed by atoms with van der Waals surface area (Å²) < 4.78 is 20.9. The first kappa shape index (κ1) is 16.0. The van der Waals surface area contributed by atoms with Gasteiger partial charge < -0.3 is 18.9 Å². The quantitative estimate of drug-likeness (QED) is 0.775. The number of nitriles is 1. The third-order valence-corrected chi connectivity index (χ3v) is 3.52. The Kier molecular flexibility index (Phi) is 4.73. The van der Waals surface area contributed by atoms with Crippen molar-refractivity contribution in [2.75, 3.05) is 13.4 Å². The second kappa shape index (κ2) is 7.11. The van der Waals surface area contributed by atoms with Gasteiger partial charge in [0.1, 0.15) is 18.4 Å². The van der Waals surface area contributed by atoms with Crippen molar-refractivity contribution in [2.24, 2.45) is 0 Å². The number of halogens is 1. The first-order valence-electron chi connectivity index (χ1n) is 7.03. The van der Waals surface area contributed by atoms with Crippen LogP contribution in [0.5, 0.6) is 17.2 Å². The Morgan fingerprint density at radius 1 is 1.29 bits per heavy atom. The molecule has 0 saturated heterocycles. The van der Waals surface area contributed by atoms with E-state index in [1.165, 1.54) is 0 Å². The van der Waals surface area contributed by atoms with Gasteiger partial charge in [-0.3, -0.25) is 0 Å². The minimum Gasteiger partial charge on any atom is -0.481 e. The van der Waals surface area contributed by atoms with Gasteiger partial charge in [0.05, 0.1) is 10.6 Å². The minimum absolute atomic E-state index is 0.0262. The predicted octanol–water partition coefficient (Wildman–Crippen LogP) is 3.06. The third-order valence-electron chi connectivity index (χ3n) is 3.24. The molecule has 1 aliphatic heterocycles. The van der Waals surface area contributed by atoms with Crippen molar-refractivity contribution in [3.63, 3.8) is 0 Å². The Hall–Kier alpha value is -2.91. The number of esters is 1. The summed E-state index contributed by atoms with van der Waals surface area (Å²) in [4.78, 5) is 11.8. The smallest absolute Gasteiger partial charge is 0.344 e. The van der Waals surface area contributed by atoms with Gasteiger partial charge in [0, 0.05) is 0 Å². The molecular formula is C17H12ClNO5. The topological polar surface area (TPSA) is 77.8 Å². The van der Waals surface area contributed by atoms with E-state index in [0.717, 1.165) is 0 Å². The van der Waals surface area contributed by atoms with E-state index < -0.39 is 5.97 Å². The van der Waals surface area contributed by atoms with Crippen LogP contribution in [-0.2, 0) is 16.1 Å². The van der Waals surface area contributed by atoms with Crippen LogP contribution in [0.3, 0.4) is 0 Å². The fourth-order valence-electron chi connectivity index (χ4n) is 2.13. The summed E-state index contributed by atoms with van der Waals surface area (Å²) in [5.41, 5.74) is 1.03. The number of hydrogen-bond acceptors (Lipinski definition) is 6. The molecule has 24 heavy (non-hydrogen) atoms. The second-order valence-electron chi connectivity index (χ2n) is 4.87. The number of hydrogen-bond donors (Lipinski definition) is 0. The van der Waals surface area contributed by atoms with E-state index in [2.05, 4.69) is 0 Å². The summed E-state index contributed by atoms with van der Waals surface area (Å²) in [7, 11) is 0. The average molecular weight is 346 g/mol. The first-order valence-corrected chi connectivity index (χ1v) is 7.41. The molecule has 0 amide bonds. The van der Waals surface area contributed by atoms with E-state index >= 15 is 0 Å². The molecule has 0 N–H and O–H groups in total. The van der Waals surface area contributed by atoms with Crippen molar-refractivity contribution < 1.29 is 23.7 Å². The van der Waals surface area contributed by atoms with E-state index in [-0.39, 0.29) is 20.0 Å². The highest BCUT2D eigenvalue weighted by atomic mass is 35.5. The zero-order valence-electron chi connectivity index (χ0n) is 12.5. The van der Waals surface area contributed by atoms with E-state index in [1.807, 2.05) is 6.07 Å². The van der Waals surface area contributed by atoms with Crippen LogP contribution in [0, 0.1) is 11.3 Å². The van der Waals surface area contributed by atoms with Crippen LogP contribution in [0.2, 0.25) is 5.02 Å². The summed E-state index contributed by atoms with van der Waals surface area (Å²) in [6.07, 6.45) is 0. The second-order valence-corrected chi connectivity index (χ2v) is 5.28. The van der Waals surface area contributed by atoms with Gasteiger partial charge in [-0.05, 0) is 29.8 Å². The highest BCUT2D eigenvalue weighted by Gasteiger charge is 2.18. The minimum atomic E-state index is -0.559. The fraction of sp³-hybridized carbons (Fsp3) is 0.176. The third kappa shape index (κ3) is 3.53. The molecule has 0 unspecified atom stereocenters. The molecule has 3 rings (SSSR count). The lowest BCUT2D eigenvalue weighted by Gasteiger charge is -2.09. The van der Waals surface area contributed by atoms with Gasteiger partial charge in [-0.1, -0.05) is 23.7 Å². The highest BCUT2D eigenvalue weighted by molar-refractivity contribution is 6.32.